The van der Waals surface area contributed by atoms with Crippen LogP contribution in [0.3, 0.4) is 0 Å². The molecule has 0 N–H and O–H groups in total. The number of amides is 2. The zero-order chi connectivity index (χ0) is 21.3. The molecule has 8 heteroatoms. The first-order valence-corrected chi connectivity index (χ1v) is 10.9. The Morgan fingerprint density at radius 2 is 1.63 bits per heavy atom. The van der Waals surface area contributed by atoms with Crippen molar-refractivity contribution in [2.45, 2.75) is 12.8 Å². The minimum atomic E-state index is -0.543. The average Bonchev–Trinajstić information content (AvgIpc) is 3.19. The summed E-state index contributed by atoms with van der Waals surface area (Å²) in [6.45, 7) is -0.230. The maximum atomic E-state index is 12.8. The van der Waals surface area contributed by atoms with Gasteiger partial charge in [-0.25, -0.2) is 0 Å². The second-order valence-electron chi connectivity index (χ2n) is 6.76. The lowest BCUT2D eigenvalue weighted by atomic mass is 9.94. The monoisotopic (exact) mass is 485 g/mol. The van der Waals surface area contributed by atoms with Gasteiger partial charge in [-0.1, -0.05) is 24.3 Å². The van der Waals surface area contributed by atoms with Crippen molar-refractivity contribution in [1.82, 2.24) is 4.90 Å². The highest BCUT2D eigenvalue weighted by atomic mass is 79.9. The number of nitrogens with zero attached hydrogens (tertiary/aromatic N) is 1. The quantitative estimate of drug-likeness (QED) is 0.280. The second kappa shape index (κ2) is 8.49. The van der Waals surface area contributed by atoms with E-state index < -0.39 is 5.97 Å². The third-order valence-corrected chi connectivity index (χ3v) is 6.50. The predicted octanol–water partition coefficient (Wildman–Crippen LogP) is 4.47. The maximum absolute atomic E-state index is 12.8. The van der Waals surface area contributed by atoms with E-state index in [9.17, 15) is 19.2 Å². The summed E-state index contributed by atoms with van der Waals surface area (Å²) in [6.07, 6.45) is 0.261. The van der Waals surface area contributed by atoms with Crippen LogP contribution in [-0.2, 0) is 9.53 Å². The smallest absolute Gasteiger partial charge is 0.306 e. The lowest BCUT2D eigenvalue weighted by molar-refractivity contribution is -0.142. The van der Waals surface area contributed by atoms with E-state index >= 15 is 0 Å². The number of halogens is 1. The molecule has 1 aromatic heterocycles. The van der Waals surface area contributed by atoms with Crippen LogP contribution >= 0.6 is 27.3 Å². The van der Waals surface area contributed by atoms with Crippen LogP contribution in [0.1, 0.15) is 43.2 Å². The summed E-state index contributed by atoms with van der Waals surface area (Å²) in [7, 11) is 0. The van der Waals surface area contributed by atoms with Crippen LogP contribution in [0.15, 0.2) is 52.3 Å². The molecule has 0 aliphatic carbocycles. The van der Waals surface area contributed by atoms with Crippen molar-refractivity contribution in [1.29, 1.82) is 0 Å². The molecular weight excluding hydrogens is 470 g/mol. The van der Waals surface area contributed by atoms with Gasteiger partial charge in [0.1, 0.15) is 0 Å². The summed E-state index contributed by atoms with van der Waals surface area (Å²) in [4.78, 5) is 51.2. The van der Waals surface area contributed by atoms with Crippen molar-refractivity contribution in [3.05, 3.63) is 68.3 Å². The molecule has 0 spiro atoms. The van der Waals surface area contributed by atoms with E-state index in [1.54, 1.807) is 36.4 Å². The molecule has 0 saturated heterocycles. The number of rotatable bonds is 7. The van der Waals surface area contributed by atoms with E-state index in [0.29, 0.717) is 21.4 Å². The molecule has 0 atom stereocenters. The predicted molar refractivity (Wildman–Crippen MR) is 116 cm³/mol. The molecule has 0 fully saturated rings. The number of carbonyl (C=O) groups excluding carboxylic acids is 4. The van der Waals surface area contributed by atoms with E-state index in [1.807, 2.05) is 12.1 Å². The highest BCUT2D eigenvalue weighted by molar-refractivity contribution is 9.11. The Kier molecular flexibility index (Phi) is 5.78. The van der Waals surface area contributed by atoms with E-state index in [0.717, 1.165) is 9.17 Å². The highest BCUT2D eigenvalue weighted by Gasteiger charge is 2.32. The standard InChI is InChI=1S/C22H16BrNO5S/c23-18-10-9-17(30-18)16(25)12-29-19(26)8-3-11-24-21(27)14-6-1-4-13-5-2-7-15(20(13)14)22(24)28/h1-2,4-7,9-10H,3,8,11-12H2. The Labute approximate surface area is 184 Å². The van der Waals surface area contributed by atoms with Crippen LogP contribution in [0.4, 0.5) is 0 Å². The van der Waals surface area contributed by atoms with E-state index in [-0.39, 0.29) is 43.6 Å². The first-order valence-electron chi connectivity index (χ1n) is 9.28. The zero-order valence-corrected chi connectivity index (χ0v) is 18.1. The molecular formula is C22H16BrNO5S. The molecule has 2 aromatic carbocycles. The SMILES string of the molecule is O=C(CCCN1C(=O)c2cccc3cccc(c23)C1=O)OCC(=O)c1ccc(Br)s1. The van der Waals surface area contributed by atoms with Gasteiger partial charge in [0.05, 0.1) is 8.66 Å². The fourth-order valence-electron chi connectivity index (χ4n) is 3.42. The Balaban J connectivity index is 1.34. The third kappa shape index (κ3) is 3.93. The van der Waals surface area contributed by atoms with Gasteiger partial charge in [-0.05, 0) is 52.0 Å². The van der Waals surface area contributed by atoms with E-state index in [4.69, 9.17) is 4.74 Å². The lowest BCUT2D eigenvalue weighted by Crippen LogP contribution is -2.41. The van der Waals surface area contributed by atoms with Crippen LogP contribution in [0.25, 0.3) is 10.8 Å². The number of hydrogen-bond donors (Lipinski definition) is 0. The van der Waals surface area contributed by atoms with Gasteiger partial charge in [0.15, 0.2) is 6.61 Å². The molecule has 1 aliphatic rings. The Bertz CT molecular complexity index is 1130. The third-order valence-electron chi connectivity index (χ3n) is 4.83. The zero-order valence-electron chi connectivity index (χ0n) is 15.7. The van der Waals surface area contributed by atoms with Gasteiger partial charge >= 0.3 is 5.97 Å². The van der Waals surface area contributed by atoms with Crippen LogP contribution in [-0.4, -0.2) is 41.6 Å². The number of imide groups is 1. The number of benzene rings is 2. The van der Waals surface area contributed by atoms with Gasteiger partial charge in [-0.3, -0.25) is 24.1 Å². The normalized spacial score (nSPS) is 13.0. The number of esters is 1. The van der Waals surface area contributed by atoms with Crippen molar-refractivity contribution in [3.8, 4) is 0 Å². The van der Waals surface area contributed by atoms with Gasteiger partial charge < -0.3 is 4.74 Å². The Morgan fingerprint density at radius 3 is 2.23 bits per heavy atom. The molecule has 0 bridgehead atoms. The van der Waals surface area contributed by atoms with Crippen molar-refractivity contribution < 1.29 is 23.9 Å². The average molecular weight is 486 g/mol. The van der Waals surface area contributed by atoms with Crippen molar-refractivity contribution in [3.63, 3.8) is 0 Å². The van der Waals surface area contributed by atoms with Crippen molar-refractivity contribution in [2.75, 3.05) is 13.2 Å². The molecule has 2 amide bonds. The van der Waals surface area contributed by atoms with Crippen LogP contribution in [0.2, 0.25) is 0 Å². The fraction of sp³-hybridized carbons (Fsp3) is 0.182. The van der Waals surface area contributed by atoms with E-state index in [2.05, 4.69) is 15.9 Å². The molecule has 4 rings (SSSR count). The van der Waals surface area contributed by atoms with Crippen LogP contribution < -0.4 is 0 Å². The first kappa shape index (κ1) is 20.4. The van der Waals surface area contributed by atoms with Gasteiger partial charge in [0, 0.05) is 29.5 Å². The molecule has 152 valence electrons. The molecule has 6 nitrogen and oxygen atoms in total. The largest absolute Gasteiger partial charge is 0.457 e. The number of Topliss-reactive ketones (excluding diaryl/α,β-unsaturated/α-hetero) is 1. The van der Waals surface area contributed by atoms with Gasteiger partial charge in [-0.15, -0.1) is 11.3 Å². The molecule has 3 aromatic rings. The molecule has 0 unspecified atom stereocenters. The van der Waals surface area contributed by atoms with Gasteiger partial charge in [-0.2, -0.15) is 0 Å². The first-order chi connectivity index (χ1) is 14.5. The molecule has 2 heterocycles. The molecule has 1 aliphatic heterocycles. The lowest BCUT2D eigenvalue weighted by Gasteiger charge is -2.27. The van der Waals surface area contributed by atoms with Crippen molar-refractivity contribution in [2.24, 2.45) is 0 Å². The van der Waals surface area contributed by atoms with Crippen molar-refractivity contribution >= 4 is 61.6 Å². The summed E-state index contributed by atoms with van der Waals surface area (Å²) >= 11 is 4.55. The van der Waals surface area contributed by atoms with Gasteiger partial charge in [0.2, 0.25) is 5.78 Å². The van der Waals surface area contributed by atoms with Crippen LogP contribution in [0, 0.1) is 0 Å². The number of hydrogen-bond acceptors (Lipinski definition) is 6. The minimum absolute atomic E-state index is 0.00429. The summed E-state index contributed by atoms with van der Waals surface area (Å²) in [5.74, 6) is -1.55. The summed E-state index contributed by atoms with van der Waals surface area (Å²) in [6, 6.07) is 14.1. The number of carbonyl (C=O) groups is 4. The molecule has 0 radical (unpaired) electrons. The summed E-state index contributed by atoms with van der Waals surface area (Å²) in [5.41, 5.74) is 0.968. The second-order valence-corrected chi connectivity index (χ2v) is 9.23. The Morgan fingerprint density at radius 1 is 0.967 bits per heavy atom. The number of thiophene rings is 1. The highest BCUT2D eigenvalue weighted by Crippen LogP contribution is 2.30. The van der Waals surface area contributed by atoms with E-state index in [1.165, 1.54) is 16.2 Å². The minimum Gasteiger partial charge on any atom is -0.457 e. The fourth-order valence-corrected chi connectivity index (χ4v) is 4.73. The molecule has 30 heavy (non-hydrogen) atoms. The molecule has 0 saturated carbocycles. The van der Waals surface area contributed by atoms with Gasteiger partial charge in [0.25, 0.3) is 11.8 Å². The Hall–Kier alpha value is -2.84. The topological polar surface area (TPSA) is 80.8 Å². The van der Waals surface area contributed by atoms with Crippen LogP contribution in [0.5, 0.6) is 0 Å². The number of ketones is 1. The summed E-state index contributed by atoms with van der Waals surface area (Å²) < 4.78 is 5.85. The summed E-state index contributed by atoms with van der Waals surface area (Å²) in [5, 5.41) is 1.52. The number of ether oxygens (including phenoxy) is 1. The maximum Gasteiger partial charge on any atom is 0.306 e.